The van der Waals surface area contributed by atoms with E-state index >= 15 is 0 Å². The largest absolute Gasteiger partial charge is 0.465 e. The van der Waals surface area contributed by atoms with Crippen molar-refractivity contribution < 1.29 is 4.42 Å². The Kier molecular flexibility index (Phi) is 3.66. The number of hydrogen-bond donors (Lipinski definition) is 1. The molecule has 0 aliphatic carbocycles. The minimum absolute atomic E-state index is 0.452. The van der Waals surface area contributed by atoms with Crippen LogP contribution in [0.3, 0.4) is 0 Å². The van der Waals surface area contributed by atoms with Crippen LogP contribution in [0.4, 0.5) is 0 Å². The lowest BCUT2D eigenvalue weighted by Crippen LogP contribution is -2.28. The number of furan rings is 1. The zero-order valence-electron chi connectivity index (χ0n) is 10.5. The third kappa shape index (κ3) is 2.30. The molecule has 0 amide bonds. The van der Waals surface area contributed by atoms with Crippen LogP contribution in [0, 0.1) is 12.8 Å². The van der Waals surface area contributed by atoms with Crippen LogP contribution < -0.4 is 5.32 Å². The van der Waals surface area contributed by atoms with E-state index in [1.807, 2.05) is 6.92 Å². The van der Waals surface area contributed by atoms with Gasteiger partial charge in [-0.05, 0) is 58.1 Å². The summed E-state index contributed by atoms with van der Waals surface area (Å²) in [4.78, 5) is 2.40. The van der Waals surface area contributed by atoms with Gasteiger partial charge < -0.3 is 9.73 Å². The molecule has 0 radical (unpaired) electrons. The Morgan fingerprint density at radius 3 is 2.94 bits per heavy atom. The van der Waals surface area contributed by atoms with Crippen molar-refractivity contribution in [1.29, 1.82) is 0 Å². The minimum Gasteiger partial charge on any atom is -0.465 e. The highest BCUT2D eigenvalue weighted by atomic mass is 16.3. The van der Waals surface area contributed by atoms with Gasteiger partial charge in [-0.25, -0.2) is 0 Å². The Bertz CT molecular complexity index is 334. The highest BCUT2D eigenvalue weighted by Crippen LogP contribution is 2.36. The van der Waals surface area contributed by atoms with Crippen molar-refractivity contribution in [2.75, 3.05) is 26.7 Å². The fourth-order valence-corrected chi connectivity index (χ4v) is 2.63. The number of aryl methyl sites for hydroxylation is 1. The summed E-state index contributed by atoms with van der Waals surface area (Å²) in [5.74, 6) is 2.81. The average molecular weight is 222 g/mol. The maximum absolute atomic E-state index is 5.78. The molecule has 2 atom stereocenters. The minimum atomic E-state index is 0.452. The Labute approximate surface area is 97.8 Å². The van der Waals surface area contributed by atoms with Gasteiger partial charge in [0.25, 0.3) is 0 Å². The normalized spacial score (nSPS) is 26.4. The quantitative estimate of drug-likeness (QED) is 0.846. The van der Waals surface area contributed by atoms with Crippen molar-refractivity contribution in [3.8, 4) is 0 Å². The van der Waals surface area contributed by atoms with Gasteiger partial charge in [0, 0.05) is 0 Å². The SMILES string of the molecule is CCNCC1CCN(C)C1c1ccc(C)o1. The van der Waals surface area contributed by atoms with Crippen molar-refractivity contribution in [2.45, 2.75) is 26.3 Å². The molecular weight excluding hydrogens is 200 g/mol. The number of hydrogen-bond acceptors (Lipinski definition) is 3. The van der Waals surface area contributed by atoms with Gasteiger partial charge >= 0.3 is 0 Å². The summed E-state index contributed by atoms with van der Waals surface area (Å²) in [6.45, 7) is 7.47. The third-order valence-corrected chi connectivity index (χ3v) is 3.48. The molecule has 2 rings (SSSR count). The molecule has 0 spiro atoms. The molecule has 1 N–H and O–H groups in total. The van der Waals surface area contributed by atoms with Gasteiger partial charge in [-0.1, -0.05) is 6.92 Å². The van der Waals surface area contributed by atoms with Crippen LogP contribution in [-0.4, -0.2) is 31.6 Å². The van der Waals surface area contributed by atoms with E-state index in [9.17, 15) is 0 Å². The second-order valence-electron chi connectivity index (χ2n) is 4.73. The molecule has 1 aliphatic heterocycles. The van der Waals surface area contributed by atoms with Gasteiger partial charge in [0.15, 0.2) is 0 Å². The fraction of sp³-hybridized carbons (Fsp3) is 0.692. The summed E-state index contributed by atoms with van der Waals surface area (Å²) in [5.41, 5.74) is 0. The monoisotopic (exact) mass is 222 g/mol. The predicted molar refractivity (Wildman–Crippen MR) is 65.5 cm³/mol. The molecule has 3 heteroatoms. The molecule has 3 nitrogen and oxygen atoms in total. The topological polar surface area (TPSA) is 28.4 Å². The van der Waals surface area contributed by atoms with Crippen LogP contribution in [0.5, 0.6) is 0 Å². The molecule has 1 aromatic heterocycles. The first kappa shape index (κ1) is 11.7. The average Bonchev–Trinajstić information content (AvgIpc) is 2.82. The van der Waals surface area contributed by atoms with Gasteiger partial charge in [-0.3, -0.25) is 4.90 Å². The smallest absolute Gasteiger partial charge is 0.121 e. The second kappa shape index (κ2) is 5.02. The molecule has 0 saturated carbocycles. The molecule has 1 saturated heterocycles. The number of likely N-dealkylation sites (tertiary alicyclic amines) is 1. The lowest BCUT2D eigenvalue weighted by Gasteiger charge is -2.23. The van der Waals surface area contributed by atoms with Crippen LogP contribution >= 0.6 is 0 Å². The lowest BCUT2D eigenvalue weighted by atomic mass is 9.98. The lowest BCUT2D eigenvalue weighted by molar-refractivity contribution is 0.232. The third-order valence-electron chi connectivity index (χ3n) is 3.48. The number of nitrogens with one attached hydrogen (secondary N) is 1. The highest BCUT2D eigenvalue weighted by Gasteiger charge is 2.34. The van der Waals surface area contributed by atoms with Gasteiger partial charge in [-0.2, -0.15) is 0 Å². The van der Waals surface area contributed by atoms with E-state index in [4.69, 9.17) is 4.42 Å². The molecule has 2 unspecified atom stereocenters. The van der Waals surface area contributed by atoms with Gasteiger partial charge in [0.05, 0.1) is 6.04 Å². The summed E-state index contributed by atoms with van der Waals surface area (Å²) in [6.07, 6.45) is 1.26. The van der Waals surface area contributed by atoms with Crippen LogP contribution in [0.2, 0.25) is 0 Å². The summed E-state index contributed by atoms with van der Waals surface area (Å²) < 4.78 is 5.78. The molecule has 90 valence electrons. The van der Waals surface area contributed by atoms with Crippen molar-refractivity contribution in [2.24, 2.45) is 5.92 Å². The Morgan fingerprint density at radius 1 is 1.50 bits per heavy atom. The standard InChI is InChI=1S/C13H22N2O/c1-4-14-9-11-7-8-15(3)13(11)12-6-5-10(2)16-12/h5-6,11,13-14H,4,7-9H2,1-3H3. The Balaban J connectivity index is 2.09. The van der Waals surface area contributed by atoms with Crippen molar-refractivity contribution >= 4 is 0 Å². The first-order chi connectivity index (χ1) is 7.72. The molecule has 1 aromatic rings. The summed E-state index contributed by atoms with van der Waals surface area (Å²) in [6, 6.07) is 4.64. The zero-order chi connectivity index (χ0) is 11.5. The van der Waals surface area contributed by atoms with E-state index in [0.29, 0.717) is 12.0 Å². The molecular formula is C13H22N2O. The molecule has 2 heterocycles. The van der Waals surface area contributed by atoms with E-state index in [1.165, 1.54) is 13.0 Å². The van der Waals surface area contributed by atoms with Crippen molar-refractivity contribution in [3.05, 3.63) is 23.7 Å². The van der Waals surface area contributed by atoms with Crippen LogP contribution in [-0.2, 0) is 0 Å². The maximum Gasteiger partial charge on any atom is 0.121 e. The van der Waals surface area contributed by atoms with Crippen molar-refractivity contribution in [1.82, 2.24) is 10.2 Å². The Hall–Kier alpha value is -0.800. The molecule has 16 heavy (non-hydrogen) atoms. The molecule has 0 bridgehead atoms. The van der Waals surface area contributed by atoms with Crippen molar-refractivity contribution in [3.63, 3.8) is 0 Å². The van der Waals surface area contributed by atoms with Crippen LogP contribution in [0.25, 0.3) is 0 Å². The molecule has 1 fully saturated rings. The highest BCUT2D eigenvalue weighted by molar-refractivity contribution is 5.12. The summed E-state index contributed by atoms with van der Waals surface area (Å²) in [7, 11) is 2.19. The van der Waals surface area contributed by atoms with Gasteiger partial charge in [0.1, 0.15) is 11.5 Å². The second-order valence-corrected chi connectivity index (χ2v) is 4.73. The van der Waals surface area contributed by atoms with Crippen LogP contribution in [0.1, 0.15) is 30.9 Å². The van der Waals surface area contributed by atoms with Crippen LogP contribution in [0.15, 0.2) is 16.5 Å². The zero-order valence-corrected chi connectivity index (χ0v) is 10.5. The maximum atomic E-state index is 5.78. The van der Waals surface area contributed by atoms with Gasteiger partial charge in [-0.15, -0.1) is 0 Å². The molecule has 1 aliphatic rings. The number of nitrogens with zero attached hydrogens (tertiary/aromatic N) is 1. The summed E-state index contributed by atoms with van der Waals surface area (Å²) in [5, 5.41) is 3.45. The summed E-state index contributed by atoms with van der Waals surface area (Å²) >= 11 is 0. The van der Waals surface area contributed by atoms with E-state index in [2.05, 4.69) is 36.3 Å². The molecule has 0 aromatic carbocycles. The Morgan fingerprint density at radius 2 is 2.31 bits per heavy atom. The van der Waals surface area contributed by atoms with E-state index in [-0.39, 0.29) is 0 Å². The first-order valence-corrected chi connectivity index (χ1v) is 6.19. The fourth-order valence-electron chi connectivity index (χ4n) is 2.63. The van der Waals surface area contributed by atoms with E-state index in [1.54, 1.807) is 0 Å². The van der Waals surface area contributed by atoms with E-state index < -0.39 is 0 Å². The van der Waals surface area contributed by atoms with Gasteiger partial charge in [0.2, 0.25) is 0 Å². The first-order valence-electron chi connectivity index (χ1n) is 6.19. The number of rotatable bonds is 4. The predicted octanol–water partition coefficient (Wildman–Crippen LogP) is 2.19. The van der Waals surface area contributed by atoms with E-state index in [0.717, 1.165) is 24.6 Å².